The van der Waals surface area contributed by atoms with Crippen molar-refractivity contribution >= 4 is 29.3 Å². The molecule has 1 aromatic carbocycles. The third kappa shape index (κ3) is 5.13. The second-order valence-corrected chi connectivity index (χ2v) is 12.4. The van der Waals surface area contributed by atoms with E-state index in [1.165, 1.54) is 0 Å². The van der Waals surface area contributed by atoms with E-state index in [0.717, 1.165) is 37.5 Å². The highest BCUT2D eigenvalue weighted by molar-refractivity contribution is 6.26. The molecular formula is C34H45N3O8. The Kier molecular flexibility index (Phi) is 9.41. The van der Waals surface area contributed by atoms with E-state index in [1.807, 2.05) is 32.6 Å². The van der Waals surface area contributed by atoms with Gasteiger partial charge in [0.2, 0.25) is 11.6 Å². The molecule has 3 aliphatic carbocycles. The zero-order chi connectivity index (χ0) is 32.6. The summed E-state index contributed by atoms with van der Waals surface area (Å²) in [6, 6.07) is 0.957. The van der Waals surface area contributed by atoms with E-state index in [2.05, 4.69) is 10.1 Å². The van der Waals surface area contributed by atoms with Crippen LogP contribution >= 0.6 is 0 Å². The first-order valence-corrected chi connectivity index (χ1v) is 16.2. The summed E-state index contributed by atoms with van der Waals surface area (Å²) < 4.78 is 17.6. The number of aldehydes is 1. The van der Waals surface area contributed by atoms with Crippen LogP contribution in [0.15, 0.2) is 16.2 Å². The summed E-state index contributed by atoms with van der Waals surface area (Å²) in [4.78, 5) is 45.0. The average molecular weight is 624 g/mol. The van der Waals surface area contributed by atoms with Crippen molar-refractivity contribution in [1.82, 2.24) is 10.1 Å². The second-order valence-electron chi connectivity index (χ2n) is 12.4. The van der Waals surface area contributed by atoms with Crippen molar-refractivity contribution in [3.63, 3.8) is 0 Å². The quantitative estimate of drug-likeness (QED) is 0.178. The van der Waals surface area contributed by atoms with Gasteiger partial charge in [-0.2, -0.15) is 0 Å². The number of hydrogen-bond acceptors (Lipinski definition) is 11. The van der Waals surface area contributed by atoms with Crippen LogP contribution in [0.4, 0.5) is 5.69 Å². The molecule has 0 aliphatic heterocycles. The Bertz CT molecular complexity index is 1510. The van der Waals surface area contributed by atoms with E-state index in [9.17, 15) is 24.6 Å². The maximum absolute atomic E-state index is 14.5. The number of aromatic nitrogens is 1. The number of unbranched alkanes of at least 4 members (excludes halogenated alkanes) is 2. The van der Waals surface area contributed by atoms with Crippen LogP contribution in [0.1, 0.15) is 103 Å². The topological polar surface area (TPSA) is 143 Å². The molecule has 1 heterocycles. The number of aliphatic hydroxyl groups is 2. The summed E-state index contributed by atoms with van der Waals surface area (Å²) in [5.41, 5.74) is -0.306. The zero-order valence-electron chi connectivity index (χ0n) is 27.1. The predicted octanol–water partition coefficient (Wildman–Crippen LogP) is 4.95. The van der Waals surface area contributed by atoms with Gasteiger partial charge in [0.15, 0.2) is 17.6 Å². The van der Waals surface area contributed by atoms with E-state index in [-0.39, 0.29) is 35.0 Å². The zero-order valence-corrected chi connectivity index (χ0v) is 27.1. The number of carbonyl (C=O) groups is 3. The Labute approximate surface area is 264 Å². The van der Waals surface area contributed by atoms with Crippen LogP contribution in [0.3, 0.4) is 0 Å². The molecule has 11 nitrogen and oxygen atoms in total. The maximum Gasteiger partial charge on any atom is 0.265 e. The van der Waals surface area contributed by atoms with Crippen LogP contribution in [0.2, 0.25) is 0 Å². The van der Waals surface area contributed by atoms with Gasteiger partial charge in [0.25, 0.3) is 5.88 Å². The van der Waals surface area contributed by atoms with Crippen molar-refractivity contribution in [1.29, 1.82) is 0 Å². The third-order valence-corrected chi connectivity index (χ3v) is 9.58. The minimum absolute atomic E-state index is 0.00477. The van der Waals surface area contributed by atoms with Crippen molar-refractivity contribution < 1.29 is 38.6 Å². The van der Waals surface area contributed by atoms with Crippen LogP contribution in [-0.4, -0.2) is 84.1 Å². The fourth-order valence-electron chi connectivity index (χ4n) is 7.35. The van der Waals surface area contributed by atoms with Gasteiger partial charge in [-0.1, -0.05) is 26.7 Å². The lowest BCUT2D eigenvalue weighted by atomic mass is 9.57. The smallest absolute Gasteiger partial charge is 0.265 e. The Hall–Kier alpha value is -3.70. The Morgan fingerprint density at radius 3 is 2.31 bits per heavy atom. The Morgan fingerprint density at radius 2 is 1.71 bits per heavy atom. The lowest BCUT2D eigenvalue weighted by Crippen LogP contribution is -2.63. The summed E-state index contributed by atoms with van der Waals surface area (Å²) in [6.07, 6.45) is 4.55. The first-order chi connectivity index (χ1) is 21.6. The number of benzene rings is 1. The minimum atomic E-state index is -2.47. The van der Waals surface area contributed by atoms with Gasteiger partial charge in [-0.25, -0.2) is 0 Å². The van der Waals surface area contributed by atoms with Crippen LogP contribution in [0.25, 0.3) is 5.76 Å². The largest absolute Gasteiger partial charge is 0.507 e. The monoisotopic (exact) mass is 623 g/mol. The molecule has 4 atom stereocenters. The van der Waals surface area contributed by atoms with Crippen molar-refractivity contribution in [2.45, 2.75) is 77.9 Å². The summed E-state index contributed by atoms with van der Waals surface area (Å²) in [6.45, 7) is 9.93. The summed E-state index contributed by atoms with van der Waals surface area (Å²) in [5.74, 6) is -2.88. The molecule has 0 radical (unpaired) electrons. The highest BCUT2D eigenvalue weighted by Gasteiger charge is 2.65. The Balaban J connectivity index is 1.70. The van der Waals surface area contributed by atoms with Crippen molar-refractivity contribution in [2.24, 2.45) is 11.8 Å². The SMILES string of the molecule is CCCCOc1cc(C=O)c(N(CC)CC)c2c1C(O)=C1C(=O)[C@]3(O)C(=O)c4c(OCCCC)noc4[C@@H](N(C)C)[C@@H]3C[C@@H]1C2. The molecule has 0 amide bonds. The van der Waals surface area contributed by atoms with Gasteiger partial charge < -0.3 is 29.1 Å². The second kappa shape index (κ2) is 13.0. The third-order valence-electron chi connectivity index (χ3n) is 9.58. The minimum Gasteiger partial charge on any atom is -0.507 e. The van der Waals surface area contributed by atoms with Gasteiger partial charge >= 0.3 is 0 Å². The number of nitrogens with zero attached hydrogens (tertiary/aromatic N) is 3. The van der Waals surface area contributed by atoms with Crippen molar-refractivity contribution in [3.8, 4) is 11.6 Å². The van der Waals surface area contributed by atoms with Gasteiger partial charge in [0.1, 0.15) is 17.1 Å². The number of anilines is 1. The maximum atomic E-state index is 14.5. The summed E-state index contributed by atoms with van der Waals surface area (Å²) in [7, 11) is 3.59. The molecule has 2 aromatic rings. The van der Waals surface area contributed by atoms with Crippen molar-refractivity contribution in [2.75, 3.05) is 45.3 Å². The van der Waals surface area contributed by atoms with Gasteiger partial charge in [-0.05, 0) is 76.3 Å². The van der Waals surface area contributed by atoms with E-state index in [0.29, 0.717) is 55.3 Å². The molecule has 0 bridgehead atoms. The van der Waals surface area contributed by atoms with E-state index in [1.54, 1.807) is 20.2 Å². The molecule has 3 aliphatic rings. The fraction of sp³-hybridized carbons (Fsp3) is 0.588. The summed E-state index contributed by atoms with van der Waals surface area (Å²) in [5, 5.41) is 28.3. The molecule has 45 heavy (non-hydrogen) atoms. The van der Waals surface area contributed by atoms with Gasteiger partial charge in [0.05, 0.1) is 30.5 Å². The molecule has 0 spiro atoms. The number of ether oxygens (including phenoxy) is 2. The van der Waals surface area contributed by atoms with Crippen molar-refractivity contribution in [3.05, 3.63) is 39.7 Å². The molecule has 1 fully saturated rings. The van der Waals surface area contributed by atoms with E-state index >= 15 is 0 Å². The van der Waals surface area contributed by atoms with Crippen LogP contribution in [0.5, 0.6) is 11.6 Å². The molecule has 0 saturated heterocycles. The number of Topliss-reactive ketones (excluding diaryl/α,β-unsaturated/α-hetero) is 2. The number of fused-ring (bicyclic) bond motifs is 4. The van der Waals surface area contributed by atoms with Crippen LogP contribution in [-0.2, 0) is 11.2 Å². The molecule has 0 unspecified atom stereocenters. The highest BCUT2D eigenvalue weighted by Crippen LogP contribution is 2.57. The molecule has 1 saturated carbocycles. The Morgan fingerprint density at radius 1 is 1.04 bits per heavy atom. The molecular weight excluding hydrogens is 578 g/mol. The number of carbonyl (C=O) groups excluding carboxylic acids is 3. The average Bonchev–Trinajstić information content (AvgIpc) is 3.43. The molecule has 11 heteroatoms. The molecule has 2 N–H and O–H groups in total. The normalized spacial score (nSPS) is 23.8. The number of hydrogen-bond donors (Lipinski definition) is 2. The number of ketones is 2. The number of rotatable bonds is 13. The van der Waals surface area contributed by atoms with Gasteiger partial charge in [0, 0.05) is 30.1 Å². The van der Waals surface area contributed by atoms with E-state index < -0.39 is 35.0 Å². The molecule has 1 aromatic heterocycles. The predicted molar refractivity (Wildman–Crippen MR) is 168 cm³/mol. The molecule has 5 rings (SSSR count). The fourth-order valence-corrected chi connectivity index (χ4v) is 7.35. The first-order valence-electron chi connectivity index (χ1n) is 16.2. The summed E-state index contributed by atoms with van der Waals surface area (Å²) >= 11 is 0. The first kappa shape index (κ1) is 32.7. The molecule has 244 valence electrons. The van der Waals surface area contributed by atoms with Crippen LogP contribution in [0, 0.1) is 11.8 Å². The van der Waals surface area contributed by atoms with E-state index in [4.69, 9.17) is 14.0 Å². The van der Waals surface area contributed by atoms with Gasteiger partial charge in [-0.3, -0.25) is 19.3 Å². The number of aliphatic hydroxyl groups excluding tert-OH is 1. The highest BCUT2D eigenvalue weighted by atomic mass is 16.5. The lowest BCUT2D eigenvalue weighted by molar-refractivity contribution is -0.142. The van der Waals surface area contributed by atoms with Gasteiger partial charge in [-0.15, -0.1) is 0 Å². The van der Waals surface area contributed by atoms with Crippen LogP contribution < -0.4 is 14.4 Å². The lowest BCUT2D eigenvalue weighted by Gasteiger charge is -2.49. The standard InChI is InChI=1S/C34H45N3O8/c1-7-11-13-43-23-17-20(18-38)27(37(9-3)10-4)21-15-19-16-22-28(36(5)6)30-26(33(35-45-30)44-14-12-8-2)32(41)34(22,42)31(40)24(19)29(39)25(21)23/h17-19,22,28,39,42H,7-16H2,1-6H3/t19-,22-,28-,34-/m0/s1.